The predicted molar refractivity (Wildman–Crippen MR) is 82.2 cm³/mol. The number of hydrogen-bond donors (Lipinski definition) is 1. The van der Waals surface area contributed by atoms with Gasteiger partial charge >= 0.3 is 0 Å². The first-order chi connectivity index (χ1) is 10.1. The van der Waals surface area contributed by atoms with Crippen LogP contribution in [0.4, 0.5) is 0 Å². The molecule has 1 saturated heterocycles. The second kappa shape index (κ2) is 7.89. The van der Waals surface area contributed by atoms with E-state index in [1.807, 2.05) is 24.9 Å². The van der Waals surface area contributed by atoms with Crippen LogP contribution in [0, 0.1) is 6.92 Å². The standard InChI is InChI=1S/C15H28N4O2/c1-4-21-8-7-18-5-6-19(11-14(20)10-18)12-15-13(2)9-16-17(15)3/h9,14,20H,4-8,10-12H2,1-3H3/t14-/m0/s1. The second-order valence-electron chi connectivity index (χ2n) is 5.78. The van der Waals surface area contributed by atoms with Crippen molar-refractivity contribution in [3.63, 3.8) is 0 Å². The van der Waals surface area contributed by atoms with Crippen LogP contribution in [0.3, 0.4) is 0 Å². The number of β-amino-alcohol motifs (C(OH)–C–C–N with tert-alkyl or cyclic N) is 1. The molecule has 0 spiro atoms. The molecule has 1 aliphatic heterocycles. The van der Waals surface area contributed by atoms with Crippen molar-refractivity contribution in [1.29, 1.82) is 0 Å². The lowest BCUT2D eigenvalue weighted by atomic mass is 10.2. The minimum atomic E-state index is -0.303. The minimum Gasteiger partial charge on any atom is -0.390 e. The van der Waals surface area contributed by atoms with Crippen LogP contribution < -0.4 is 0 Å². The molecule has 120 valence electrons. The van der Waals surface area contributed by atoms with Gasteiger partial charge in [-0.2, -0.15) is 5.10 Å². The van der Waals surface area contributed by atoms with Crippen LogP contribution in [-0.2, 0) is 18.3 Å². The first-order valence-electron chi connectivity index (χ1n) is 7.78. The molecular formula is C15H28N4O2. The van der Waals surface area contributed by atoms with Crippen molar-refractivity contribution in [2.45, 2.75) is 26.5 Å². The van der Waals surface area contributed by atoms with Crippen LogP contribution in [0.1, 0.15) is 18.2 Å². The summed E-state index contributed by atoms with van der Waals surface area (Å²) >= 11 is 0. The Morgan fingerprint density at radius 1 is 1.33 bits per heavy atom. The topological polar surface area (TPSA) is 53.8 Å². The molecule has 0 unspecified atom stereocenters. The lowest BCUT2D eigenvalue weighted by Gasteiger charge is -2.21. The molecule has 1 N–H and O–H groups in total. The van der Waals surface area contributed by atoms with Crippen molar-refractivity contribution in [3.8, 4) is 0 Å². The summed E-state index contributed by atoms with van der Waals surface area (Å²) in [6.07, 6.45) is 1.60. The van der Waals surface area contributed by atoms with Gasteiger partial charge in [0.15, 0.2) is 0 Å². The Hall–Kier alpha value is -0.950. The van der Waals surface area contributed by atoms with Crippen molar-refractivity contribution in [2.24, 2.45) is 7.05 Å². The molecule has 0 amide bonds. The van der Waals surface area contributed by atoms with Crippen LogP contribution in [0.2, 0.25) is 0 Å². The van der Waals surface area contributed by atoms with Crippen molar-refractivity contribution in [1.82, 2.24) is 19.6 Å². The summed E-state index contributed by atoms with van der Waals surface area (Å²) in [4.78, 5) is 4.60. The van der Waals surface area contributed by atoms with Gasteiger partial charge in [-0.1, -0.05) is 0 Å². The number of nitrogens with zero attached hydrogens (tertiary/aromatic N) is 4. The Morgan fingerprint density at radius 2 is 2.05 bits per heavy atom. The summed E-state index contributed by atoms with van der Waals surface area (Å²) in [5, 5.41) is 14.5. The van der Waals surface area contributed by atoms with Gasteiger partial charge in [0.2, 0.25) is 0 Å². The Bertz CT molecular complexity index is 416. The maximum Gasteiger partial charge on any atom is 0.0793 e. The molecule has 1 aromatic heterocycles. The van der Waals surface area contributed by atoms with Crippen LogP contribution >= 0.6 is 0 Å². The van der Waals surface area contributed by atoms with Gasteiger partial charge < -0.3 is 9.84 Å². The summed E-state index contributed by atoms with van der Waals surface area (Å²) in [5.41, 5.74) is 2.44. The molecule has 0 radical (unpaired) electrons. The van der Waals surface area contributed by atoms with Crippen LogP contribution in [-0.4, -0.2) is 76.7 Å². The van der Waals surface area contributed by atoms with E-state index in [4.69, 9.17) is 4.74 Å². The third-order valence-electron chi connectivity index (χ3n) is 4.07. The lowest BCUT2D eigenvalue weighted by molar-refractivity contribution is 0.0836. The van der Waals surface area contributed by atoms with Crippen LogP contribution in [0.5, 0.6) is 0 Å². The molecule has 2 heterocycles. The SMILES string of the molecule is CCOCCN1CCN(Cc2c(C)cnn2C)C[C@@H](O)C1. The summed E-state index contributed by atoms with van der Waals surface area (Å²) in [6, 6.07) is 0. The van der Waals surface area contributed by atoms with Crippen molar-refractivity contribution in [3.05, 3.63) is 17.5 Å². The molecule has 1 atom stereocenters. The van der Waals surface area contributed by atoms with E-state index >= 15 is 0 Å². The highest BCUT2D eigenvalue weighted by molar-refractivity contribution is 5.15. The van der Waals surface area contributed by atoms with Gasteiger partial charge in [0.25, 0.3) is 0 Å². The van der Waals surface area contributed by atoms with Gasteiger partial charge in [0.05, 0.1) is 24.6 Å². The fourth-order valence-electron chi connectivity index (χ4n) is 2.82. The smallest absolute Gasteiger partial charge is 0.0793 e. The van der Waals surface area contributed by atoms with Gasteiger partial charge in [0, 0.05) is 52.9 Å². The average molecular weight is 296 g/mol. The van der Waals surface area contributed by atoms with E-state index in [1.165, 1.54) is 11.3 Å². The molecule has 21 heavy (non-hydrogen) atoms. The highest BCUT2D eigenvalue weighted by Crippen LogP contribution is 2.12. The van der Waals surface area contributed by atoms with E-state index in [0.29, 0.717) is 0 Å². The molecule has 6 heteroatoms. The highest BCUT2D eigenvalue weighted by Gasteiger charge is 2.22. The molecule has 6 nitrogen and oxygen atoms in total. The maximum atomic E-state index is 10.2. The summed E-state index contributed by atoms with van der Waals surface area (Å²) in [5.74, 6) is 0. The monoisotopic (exact) mass is 296 g/mol. The maximum absolute atomic E-state index is 10.2. The van der Waals surface area contributed by atoms with Crippen LogP contribution in [0.25, 0.3) is 0 Å². The predicted octanol–water partition coefficient (Wildman–Crippen LogP) is 0.244. The number of ether oxygens (including phenoxy) is 1. The van der Waals surface area contributed by atoms with E-state index in [2.05, 4.69) is 21.8 Å². The van der Waals surface area contributed by atoms with E-state index < -0.39 is 0 Å². The third-order valence-corrected chi connectivity index (χ3v) is 4.07. The largest absolute Gasteiger partial charge is 0.390 e. The molecule has 0 bridgehead atoms. The van der Waals surface area contributed by atoms with Gasteiger partial charge in [-0.15, -0.1) is 0 Å². The first-order valence-corrected chi connectivity index (χ1v) is 7.78. The molecule has 0 aliphatic carbocycles. The average Bonchev–Trinajstić information content (AvgIpc) is 2.66. The Balaban J connectivity index is 1.88. The number of rotatable bonds is 6. The van der Waals surface area contributed by atoms with E-state index in [1.54, 1.807) is 0 Å². The molecule has 1 aliphatic rings. The molecule has 0 aromatic carbocycles. The van der Waals surface area contributed by atoms with Crippen molar-refractivity contribution in [2.75, 3.05) is 45.9 Å². The molecule has 1 aromatic rings. The zero-order chi connectivity index (χ0) is 15.2. The van der Waals surface area contributed by atoms with Gasteiger partial charge in [0.1, 0.15) is 0 Å². The normalized spacial score (nSPS) is 21.6. The van der Waals surface area contributed by atoms with E-state index in [9.17, 15) is 5.11 Å². The first kappa shape index (κ1) is 16.4. The Morgan fingerprint density at radius 3 is 2.71 bits per heavy atom. The number of aryl methyl sites for hydroxylation is 2. The lowest BCUT2D eigenvalue weighted by Crippen LogP contribution is -2.35. The molecule has 1 fully saturated rings. The third kappa shape index (κ3) is 4.78. The highest BCUT2D eigenvalue weighted by atomic mass is 16.5. The zero-order valence-electron chi connectivity index (χ0n) is 13.5. The fourth-order valence-corrected chi connectivity index (χ4v) is 2.82. The van der Waals surface area contributed by atoms with Gasteiger partial charge in [-0.25, -0.2) is 0 Å². The fraction of sp³-hybridized carbons (Fsp3) is 0.800. The second-order valence-corrected chi connectivity index (χ2v) is 5.78. The van der Waals surface area contributed by atoms with Crippen LogP contribution in [0.15, 0.2) is 6.20 Å². The zero-order valence-corrected chi connectivity index (χ0v) is 13.5. The Kier molecular flexibility index (Phi) is 6.17. The number of aromatic nitrogens is 2. The van der Waals surface area contributed by atoms with Crippen molar-refractivity contribution < 1.29 is 9.84 Å². The summed E-state index contributed by atoms with van der Waals surface area (Å²) in [6.45, 7) is 10.7. The van der Waals surface area contributed by atoms with Crippen molar-refractivity contribution >= 4 is 0 Å². The molecule has 2 rings (SSSR count). The van der Waals surface area contributed by atoms with Gasteiger partial charge in [-0.05, 0) is 19.4 Å². The number of aliphatic hydroxyl groups excluding tert-OH is 1. The summed E-state index contributed by atoms with van der Waals surface area (Å²) < 4.78 is 7.34. The number of aliphatic hydroxyl groups is 1. The van der Waals surface area contributed by atoms with E-state index in [-0.39, 0.29) is 6.10 Å². The molecular weight excluding hydrogens is 268 g/mol. The number of hydrogen-bond acceptors (Lipinski definition) is 5. The minimum absolute atomic E-state index is 0.303. The van der Waals surface area contributed by atoms with Gasteiger partial charge in [-0.3, -0.25) is 14.5 Å². The quantitative estimate of drug-likeness (QED) is 0.762. The Labute approximate surface area is 127 Å². The molecule has 0 saturated carbocycles. The summed E-state index contributed by atoms with van der Waals surface area (Å²) in [7, 11) is 1.98. The van der Waals surface area contributed by atoms with E-state index in [0.717, 1.165) is 52.5 Å².